The number of benzene rings is 8. The maximum absolute atomic E-state index is 9.15. The van der Waals surface area contributed by atoms with Gasteiger partial charge in [0.25, 0.3) is 0 Å². The second kappa shape index (κ2) is 21.0. The Balaban J connectivity index is 0.000000505. The summed E-state index contributed by atoms with van der Waals surface area (Å²) in [6.07, 6.45) is -2.49. The first kappa shape index (κ1) is 42.4. The Labute approximate surface area is 348 Å². The molecule has 0 aromatic heterocycles. The van der Waals surface area contributed by atoms with E-state index >= 15 is 0 Å². The molecule has 0 aliphatic carbocycles. The molecule has 0 aliphatic rings. The molecule has 2 N–H and O–H groups in total. The first-order chi connectivity index (χ1) is 27.4. The van der Waals surface area contributed by atoms with Crippen LogP contribution >= 0.6 is 15.8 Å². The smallest absolute Gasteiger partial charge is 0.450 e. The van der Waals surface area contributed by atoms with Crippen molar-refractivity contribution in [1.29, 1.82) is 0 Å². The molecule has 8 aromatic rings. The van der Waals surface area contributed by atoms with Crippen molar-refractivity contribution in [3.63, 3.8) is 0 Å². The molecule has 0 aliphatic heterocycles. The van der Waals surface area contributed by atoms with E-state index in [0.29, 0.717) is 0 Å². The predicted octanol–water partition coefficient (Wildman–Crippen LogP) is 9.80. The number of ether oxygens (including phenoxy) is 2. The second-order valence-electron chi connectivity index (χ2n) is 12.3. The van der Waals surface area contributed by atoms with Gasteiger partial charge in [-0.1, -0.05) is 194 Å². The van der Waals surface area contributed by atoms with E-state index in [-0.39, 0.29) is 19.5 Å². The Hall–Kier alpha value is -5.70. The van der Waals surface area contributed by atoms with Crippen molar-refractivity contribution >= 4 is 81.5 Å². The standard InChI is InChI=1S/C44H32P2.2C2H4O3.Ru/c1-5-19-35(20-6-1)45(36-21-7-2-8-22-36)41-31-29-33-17-13-15-27-39(33)43(41)44-40-28-16-14-18-34(40)30-32-42(44)46(37-23-9-3-10-24-37)38-25-11-4-12-26-38;2*1-5-2(3)4;/h1-32H;2*1H3,(H,3,4);. The molecule has 0 atom stereocenters. The summed E-state index contributed by atoms with van der Waals surface area (Å²) in [4.78, 5) is 18.3. The maximum Gasteiger partial charge on any atom is 0.505 e. The van der Waals surface area contributed by atoms with Crippen molar-refractivity contribution in [1.82, 2.24) is 0 Å². The topological polar surface area (TPSA) is 93.1 Å². The van der Waals surface area contributed by atoms with Gasteiger partial charge < -0.3 is 19.7 Å². The van der Waals surface area contributed by atoms with Crippen LogP contribution in [0, 0.1) is 0 Å². The van der Waals surface area contributed by atoms with Crippen molar-refractivity contribution in [2.45, 2.75) is 0 Å². The zero-order valence-electron chi connectivity index (χ0n) is 31.3. The summed E-state index contributed by atoms with van der Waals surface area (Å²) in [6, 6.07) is 71.8. The summed E-state index contributed by atoms with van der Waals surface area (Å²) in [5.74, 6) is 0. The van der Waals surface area contributed by atoms with Gasteiger partial charge in [-0.2, -0.15) is 0 Å². The second-order valence-corrected chi connectivity index (χ2v) is 16.7. The molecule has 0 heterocycles. The van der Waals surface area contributed by atoms with Gasteiger partial charge in [0.05, 0.1) is 14.2 Å². The molecule has 0 spiro atoms. The zero-order valence-corrected chi connectivity index (χ0v) is 34.8. The average molecular weight is 876 g/mol. The first-order valence-corrected chi connectivity index (χ1v) is 20.5. The number of rotatable bonds is 7. The minimum atomic E-state index is -1.25. The molecule has 0 unspecified atom stereocenters. The number of methoxy groups -OCH3 is 2. The Morgan fingerprint density at radius 1 is 0.386 bits per heavy atom. The molecule has 286 valence electrons. The van der Waals surface area contributed by atoms with Gasteiger partial charge in [0.2, 0.25) is 0 Å². The molecule has 0 fully saturated rings. The number of carbonyl (C=O) groups is 2. The third kappa shape index (κ3) is 10.4. The SMILES string of the molecule is COC(=O)O.COC(=O)O.[Ru].c1ccc(P(c2ccccc2)c2ccc3ccccc3c2-c2c(P(c3ccccc3)c3ccccc3)ccc3ccccc23)cc1. The van der Waals surface area contributed by atoms with Crippen molar-refractivity contribution < 1.29 is 48.8 Å². The summed E-state index contributed by atoms with van der Waals surface area (Å²) in [6.45, 7) is 0. The van der Waals surface area contributed by atoms with Crippen LogP contribution in [0.25, 0.3) is 32.7 Å². The quantitative estimate of drug-likeness (QED) is 0.0942. The Kier molecular flexibility index (Phi) is 15.6. The Morgan fingerprint density at radius 3 is 0.895 bits per heavy atom. The summed E-state index contributed by atoms with van der Waals surface area (Å²) >= 11 is 0. The first-order valence-electron chi connectivity index (χ1n) is 17.8. The van der Waals surface area contributed by atoms with Crippen LogP contribution in [0.1, 0.15) is 0 Å². The number of fused-ring (bicyclic) bond motifs is 2. The van der Waals surface area contributed by atoms with Crippen LogP contribution in [0.2, 0.25) is 0 Å². The zero-order chi connectivity index (χ0) is 39.3. The van der Waals surface area contributed by atoms with Crippen LogP contribution in [-0.4, -0.2) is 36.7 Å². The van der Waals surface area contributed by atoms with Gasteiger partial charge in [-0.15, -0.1) is 0 Å². The van der Waals surface area contributed by atoms with Gasteiger partial charge in [0, 0.05) is 19.5 Å². The molecular formula is C48H40O6P2Ru. The van der Waals surface area contributed by atoms with Gasteiger partial charge in [-0.05, 0) is 80.3 Å². The number of hydrogen-bond acceptors (Lipinski definition) is 4. The van der Waals surface area contributed by atoms with E-state index in [9.17, 15) is 0 Å². The summed E-state index contributed by atoms with van der Waals surface area (Å²) in [5.41, 5.74) is 2.70. The van der Waals surface area contributed by atoms with Crippen LogP contribution in [0.5, 0.6) is 0 Å². The molecule has 0 saturated heterocycles. The van der Waals surface area contributed by atoms with Gasteiger partial charge in [-0.3, -0.25) is 0 Å². The van der Waals surface area contributed by atoms with Crippen molar-refractivity contribution in [2.24, 2.45) is 0 Å². The van der Waals surface area contributed by atoms with Gasteiger partial charge in [0.1, 0.15) is 0 Å². The molecule has 6 nitrogen and oxygen atoms in total. The van der Waals surface area contributed by atoms with Gasteiger partial charge >= 0.3 is 12.3 Å². The minimum Gasteiger partial charge on any atom is -0.450 e. The average Bonchev–Trinajstić information content (AvgIpc) is 3.26. The van der Waals surface area contributed by atoms with Crippen LogP contribution in [0.15, 0.2) is 194 Å². The van der Waals surface area contributed by atoms with Crippen LogP contribution in [0.3, 0.4) is 0 Å². The third-order valence-electron chi connectivity index (χ3n) is 8.95. The summed E-state index contributed by atoms with van der Waals surface area (Å²) < 4.78 is 7.33. The fourth-order valence-electron chi connectivity index (χ4n) is 6.58. The maximum atomic E-state index is 9.15. The van der Waals surface area contributed by atoms with Crippen LogP contribution < -0.4 is 31.8 Å². The Bertz CT molecular complexity index is 2260. The number of hydrogen-bond donors (Lipinski definition) is 2. The van der Waals surface area contributed by atoms with Crippen LogP contribution in [-0.2, 0) is 29.0 Å². The normalized spacial score (nSPS) is 10.4. The minimum absolute atomic E-state index is 0. The van der Waals surface area contributed by atoms with Crippen molar-refractivity contribution in [3.05, 3.63) is 194 Å². The van der Waals surface area contributed by atoms with E-state index in [4.69, 9.17) is 19.8 Å². The molecule has 0 bridgehead atoms. The summed E-state index contributed by atoms with van der Waals surface area (Å²) in [5, 5.41) is 28.3. The van der Waals surface area contributed by atoms with E-state index in [1.54, 1.807) is 0 Å². The molecule has 8 rings (SSSR count). The molecule has 9 heteroatoms. The Morgan fingerprint density at radius 2 is 0.632 bits per heavy atom. The van der Waals surface area contributed by atoms with Crippen molar-refractivity contribution in [3.8, 4) is 11.1 Å². The molecule has 8 aromatic carbocycles. The molecule has 0 radical (unpaired) electrons. The fourth-order valence-corrected chi connectivity index (χ4v) is 11.5. The molecule has 57 heavy (non-hydrogen) atoms. The largest absolute Gasteiger partial charge is 0.505 e. The van der Waals surface area contributed by atoms with E-state index in [1.807, 2.05) is 0 Å². The number of carboxylic acid groups (broad SMARTS) is 2. The van der Waals surface area contributed by atoms with Gasteiger partial charge in [0.15, 0.2) is 0 Å². The van der Waals surface area contributed by atoms with Gasteiger partial charge in [-0.25, -0.2) is 9.59 Å². The van der Waals surface area contributed by atoms with Crippen molar-refractivity contribution in [2.75, 3.05) is 14.2 Å². The van der Waals surface area contributed by atoms with E-state index in [1.165, 1.54) is 64.5 Å². The van der Waals surface area contributed by atoms with E-state index < -0.39 is 28.2 Å². The molecule has 0 saturated carbocycles. The molecular weight excluding hydrogens is 836 g/mol. The van der Waals surface area contributed by atoms with E-state index in [2.05, 4.69) is 204 Å². The van der Waals surface area contributed by atoms with Crippen LogP contribution in [0.4, 0.5) is 9.59 Å². The fraction of sp³-hybridized carbons (Fsp3) is 0.0417. The molecule has 0 amide bonds. The van der Waals surface area contributed by atoms with E-state index in [0.717, 1.165) is 14.2 Å². The predicted molar refractivity (Wildman–Crippen MR) is 234 cm³/mol. The monoisotopic (exact) mass is 876 g/mol. The third-order valence-corrected chi connectivity index (χ3v) is 13.9. The summed E-state index contributed by atoms with van der Waals surface area (Å²) in [7, 11) is 0.495.